The number of benzene rings is 1. The largest absolute Gasteiger partial charge is 0.497 e. The van der Waals surface area contributed by atoms with Crippen LogP contribution >= 0.6 is 0 Å². The van der Waals surface area contributed by atoms with Gasteiger partial charge in [-0.1, -0.05) is 12.1 Å². The van der Waals surface area contributed by atoms with Gasteiger partial charge in [-0.2, -0.15) is 0 Å². The predicted molar refractivity (Wildman–Crippen MR) is 91.2 cm³/mol. The SMILES string of the molecule is COc1cccc(C2CCCN2C(=O)COc2ccnc(C)c2)c1. The molecule has 5 nitrogen and oxygen atoms in total. The first-order chi connectivity index (χ1) is 11.7. The van der Waals surface area contributed by atoms with E-state index in [1.54, 1.807) is 19.4 Å². The maximum atomic E-state index is 12.6. The minimum Gasteiger partial charge on any atom is -0.497 e. The van der Waals surface area contributed by atoms with Crippen molar-refractivity contribution in [1.82, 2.24) is 9.88 Å². The van der Waals surface area contributed by atoms with E-state index in [1.165, 1.54) is 0 Å². The van der Waals surface area contributed by atoms with Gasteiger partial charge >= 0.3 is 0 Å². The first-order valence-corrected chi connectivity index (χ1v) is 8.16. The maximum absolute atomic E-state index is 12.6. The predicted octanol–water partition coefficient (Wildman–Crippen LogP) is 3.14. The number of pyridine rings is 1. The Morgan fingerprint density at radius 1 is 1.29 bits per heavy atom. The van der Waals surface area contributed by atoms with Crippen molar-refractivity contribution in [1.29, 1.82) is 0 Å². The summed E-state index contributed by atoms with van der Waals surface area (Å²) in [6.45, 7) is 2.71. The van der Waals surface area contributed by atoms with E-state index in [4.69, 9.17) is 9.47 Å². The lowest BCUT2D eigenvalue weighted by atomic mass is 10.0. The molecule has 0 spiro atoms. The molecule has 2 heterocycles. The molecule has 2 aromatic rings. The van der Waals surface area contributed by atoms with Gasteiger partial charge in [0.2, 0.25) is 0 Å². The van der Waals surface area contributed by atoms with Gasteiger partial charge in [-0.15, -0.1) is 0 Å². The Morgan fingerprint density at radius 2 is 2.17 bits per heavy atom. The van der Waals surface area contributed by atoms with Crippen LogP contribution in [0.15, 0.2) is 42.6 Å². The second-order valence-corrected chi connectivity index (χ2v) is 5.94. The van der Waals surface area contributed by atoms with E-state index >= 15 is 0 Å². The van der Waals surface area contributed by atoms with Gasteiger partial charge in [-0.3, -0.25) is 9.78 Å². The van der Waals surface area contributed by atoms with Crippen molar-refractivity contribution in [3.8, 4) is 11.5 Å². The number of aryl methyl sites for hydroxylation is 1. The molecule has 5 heteroatoms. The molecule has 1 aliphatic rings. The first kappa shape index (κ1) is 16.3. The van der Waals surface area contributed by atoms with Crippen LogP contribution in [0.25, 0.3) is 0 Å². The molecule has 1 unspecified atom stereocenters. The Bertz CT molecular complexity index is 717. The summed E-state index contributed by atoms with van der Waals surface area (Å²) >= 11 is 0. The number of methoxy groups -OCH3 is 1. The average molecular weight is 326 g/mol. The summed E-state index contributed by atoms with van der Waals surface area (Å²) in [4.78, 5) is 18.6. The third kappa shape index (κ3) is 3.67. The fraction of sp³-hybridized carbons (Fsp3) is 0.368. The fourth-order valence-electron chi connectivity index (χ4n) is 3.10. The molecule has 24 heavy (non-hydrogen) atoms. The zero-order chi connectivity index (χ0) is 16.9. The van der Waals surface area contributed by atoms with Crippen molar-refractivity contribution in [3.63, 3.8) is 0 Å². The Morgan fingerprint density at radius 3 is 2.96 bits per heavy atom. The quantitative estimate of drug-likeness (QED) is 0.847. The van der Waals surface area contributed by atoms with Crippen LogP contribution < -0.4 is 9.47 Å². The molecule has 1 aromatic carbocycles. The molecule has 0 aliphatic carbocycles. The van der Waals surface area contributed by atoms with Crippen LogP contribution in [0, 0.1) is 6.92 Å². The van der Waals surface area contributed by atoms with Gasteiger partial charge in [0.05, 0.1) is 13.2 Å². The molecule has 126 valence electrons. The van der Waals surface area contributed by atoms with Crippen LogP contribution in [-0.2, 0) is 4.79 Å². The summed E-state index contributed by atoms with van der Waals surface area (Å²) < 4.78 is 10.9. The van der Waals surface area contributed by atoms with E-state index in [1.807, 2.05) is 42.2 Å². The molecule has 1 saturated heterocycles. The third-order valence-corrected chi connectivity index (χ3v) is 4.28. The van der Waals surface area contributed by atoms with Crippen LogP contribution in [-0.4, -0.2) is 36.1 Å². The molecule has 1 fully saturated rings. The monoisotopic (exact) mass is 326 g/mol. The van der Waals surface area contributed by atoms with Gasteiger partial charge in [0.15, 0.2) is 6.61 Å². The van der Waals surface area contributed by atoms with Gasteiger partial charge in [-0.05, 0) is 43.5 Å². The number of ether oxygens (including phenoxy) is 2. The van der Waals surface area contributed by atoms with Crippen molar-refractivity contribution in [2.75, 3.05) is 20.3 Å². The van der Waals surface area contributed by atoms with Gasteiger partial charge in [-0.25, -0.2) is 0 Å². The van der Waals surface area contributed by atoms with Crippen molar-refractivity contribution in [2.45, 2.75) is 25.8 Å². The van der Waals surface area contributed by atoms with E-state index in [0.717, 1.165) is 36.4 Å². The summed E-state index contributed by atoms with van der Waals surface area (Å²) in [5.74, 6) is 1.50. The lowest BCUT2D eigenvalue weighted by Gasteiger charge is -2.25. The topological polar surface area (TPSA) is 51.7 Å². The highest BCUT2D eigenvalue weighted by atomic mass is 16.5. The first-order valence-electron chi connectivity index (χ1n) is 8.16. The Kier molecular flexibility index (Phi) is 4.99. The van der Waals surface area contributed by atoms with Gasteiger partial charge in [0.1, 0.15) is 11.5 Å². The number of nitrogens with zero attached hydrogens (tertiary/aromatic N) is 2. The molecule has 0 N–H and O–H groups in total. The minimum atomic E-state index is 0.00906. The fourth-order valence-corrected chi connectivity index (χ4v) is 3.10. The molecule has 1 aromatic heterocycles. The van der Waals surface area contributed by atoms with E-state index in [9.17, 15) is 4.79 Å². The number of hydrogen-bond acceptors (Lipinski definition) is 4. The second kappa shape index (κ2) is 7.34. The number of likely N-dealkylation sites (tertiary alicyclic amines) is 1. The normalized spacial score (nSPS) is 16.9. The highest BCUT2D eigenvalue weighted by Crippen LogP contribution is 2.33. The van der Waals surface area contributed by atoms with E-state index in [-0.39, 0.29) is 18.6 Å². The standard InChI is InChI=1S/C19H22N2O3/c1-14-11-17(8-9-20-14)24-13-19(22)21-10-4-7-18(21)15-5-3-6-16(12-15)23-2/h3,5-6,8-9,11-12,18H,4,7,10,13H2,1-2H3. The zero-order valence-electron chi connectivity index (χ0n) is 14.1. The second-order valence-electron chi connectivity index (χ2n) is 5.94. The lowest BCUT2D eigenvalue weighted by Crippen LogP contribution is -2.34. The van der Waals surface area contributed by atoms with Gasteiger partial charge in [0.25, 0.3) is 5.91 Å². The van der Waals surface area contributed by atoms with Crippen LogP contribution in [0.4, 0.5) is 0 Å². The Balaban J connectivity index is 1.67. The molecule has 0 bridgehead atoms. The summed E-state index contributed by atoms with van der Waals surface area (Å²) in [6, 6.07) is 11.6. The van der Waals surface area contributed by atoms with E-state index in [2.05, 4.69) is 4.98 Å². The molecular formula is C19H22N2O3. The lowest BCUT2D eigenvalue weighted by molar-refractivity contribution is -0.134. The maximum Gasteiger partial charge on any atom is 0.261 e. The van der Waals surface area contributed by atoms with Crippen molar-refractivity contribution < 1.29 is 14.3 Å². The highest BCUT2D eigenvalue weighted by Gasteiger charge is 2.30. The number of rotatable bonds is 5. The number of aromatic nitrogens is 1. The van der Waals surface area contributed by atoms with Crippen LogP contribution in [0.3, 0.4) is 0 Å². The summed E-state index contributed by atoms with van der Waals surface area (Å²) in [7, 11) is 1.65. The number of carbonyl (C=O) groups excluding carboxylic acids is 1. The molecule has 0 radical (unpaired) electrons. The number of amides is 1. The summed E-state index contributed by atoms with van der Waals surface area (Å²) in [5.41, 5.74) is 1.98. The van der Waals surface area contributed by atoms with Crippen LogP contribution in [0.1, 0.15) is 30.1 Å². The average Bonchev–Trinajstić information content (AvgIpc) is 3.09. The minimum absolute atomic E-state index is 0.00906. The van der Waals surface area contributed by atoms with E-state index < -0.39 is 0 Å². The van der Waals surface area contributed by atoms with Crippen molar-refractivity contribution in [2.24, 2.45) is 0 Å². The Hall–Kier alpha value is -2.56. The summed E-state index contributed by atoms with van der Waals surface area (Å²) in [5, 5.41) is 0. The van der Waals surface area contributed by atoms with Crippen LogP contribution in [0.2, 0.25) is 0 Å². The number of hydrogen-bond donors (Lipinski definition) is 0. The van der Waals surface area contributed by atoms with Crippen LogP contribution in [0.5, 0.6) is 11.5 Å². The van der Waals surface area contributed by atoms with Crippen molar-refractivity contribution >= 4 is 5.91 Å². The summed E-state index contributed by atoms with van der Waals surface area (Å²) in [6.07, 6.45) is 3.65. The number of carbonyl (C=O) groups is 1. The third-order valence-electron chi connectivity index (χ3n) is 4.28. The zero-order valence-corrected chi connectivity index (χ0v) is 14.1. The smallest absolute Gasteiger partial charge is 0.261 e. The molecule has 0 saturated carbocycles. The van der Waals surface area contributed by atoms with Gasteiger partial charge in [0, 0.05) is 24.5 Å². The molecule has 1 aliphatic heterocycles. The van der Waals surface area contributed by atoms with Crippen molar-refractivity contribution in [3.05, 3.63) is 53.9 Å². The van der Waals surface area contributed by atoms with Gasteiger partial charge < -0.3 is 14.4 Å². The molecular weight excluding hydrogens is 304 g/mol. The Labute approximate surface area is 142 Å². The van der Waals surface area contributed by atoms with E-state index in [0.29, 0.717) is 5.75 Å². The molecule has 3 rings (SSSR count). The molecule has 1 atom stereocenters. The molecule has 1 amide bonds. The highest BCUT2D eigenvalue weighted by molar-refractivity contribution is 5.78.